The zero-order valence-corrected chi connectivity index (χ0v) is 18.3. The van der Waals surface area contributed by atoms with E-state index in [1.165, 1.54) is 22.2 Å². The highest BCUT2D eigenvalue weighted by atomic mass is 32.2. The number of thiophene rings is 1. The number of aryl methyl sites for hydroxylation is 2. The van der Waals surface area contributed by atoms with Gasteiger partial charge < -0.3 is 10.1 Å². The number of anilines is 1. The zero-order chi connectivity index (χ0) is 20.9. The van der Waals surface area contributed by atoms with E-state index < -0.39 is 0 Å². The number of thioether (sulfide) groups is 1. The van der Waals surface area contributed by atoms with Gasteiger partial charge in [-0.2, -0.15) is 0 Å². The van der Waals surface area contributed by atoms with E-state index in [2.05, 4.69) is 29.1 Å². The Morgan fingerprint density at radius 2 is 1.83 bits per heavy atom. The molecule has 0 aliphatic carbocycles. The second kappa shape index (κ2) is 9.28. The molecule has 152 valence electrons. The number of aromatic nitrogens is 2. The quantitative estimate of drug-likeness (QED) is 0.302. The lowest BCUT2D eigenvalue weighted by molar-refractivity contribution is -0.113. The van der Waals surface area contributed by atoms with Gasteiger partial charge in [0.15, 0.2) is 0 Å². The topological polar surface area (TPSA) is 64.1 Å². The maximum Gasteiger partial charge on any atom is 0.234 e. The Hall–Kier alpha value is -2.90. The minimum Gasteiger partial charge on any atom is -0.489 e. The largest absolute Gasteiger partial charge is 0.489 e. The van der Waals surface area contributed by atoms with Crippen molar-refractivity contribution in [1.29, 1.82) is 0 Å². The van der Waals surface area contributed by atoms with E-state index in [9.17, 15) is 4.79 Å². The summed E-state index contributed by atoms with van der Waals surface area (Å²) < 4.78 is 5.78. The van der Waals surface area contributed by atoms with E-state index in [4.69, 9.17) is 4.74 Å². The van der Waals surface area contributed by atoms with Gasteiger partial charge in [-0.3, -0.25) is 4.79 Å². The fraction of sp³-hybridized carbons (Fsp3) is 0.174. The normalized spacial score (nSPS) is 10.9. The van der Waals surface area contributed by atoms with Crippen molar-refractivity contribution in [2.24, 2.45) is 0 Å². The van der Waals surface area contributed by atoms with Crippen molar-refractivity contribution in [1.82, 2.24) is 9.97 Å². The van der Waals surface area contributed by atoms with Crippen LogP contribution in [0.15, 0.2) is 66.0 Å². The van der Waals surface area contributed by atoms with Crippen LogP contribution in [-0.2, 0) is 11.4 Å². The lowest BCUT2D eigenvalue weighted by Gasteiger charge is -2.09. The van der Waals surface area contributed by atoms with E-state index in [1.54, 1.807) is 17.7 Å². The summed E-state index contributed by atoms with van der Waals surface area (Å²) in [4.78, 5) is 23.3. The summed E-state index contributed by atoms with van der Waals surface area (Å²) in [6, 6.07) is 17.4. The molecule has 0 fully saturated rings. The molecule has 0 bridgehead atoms. The van der Waals surface area contributed by atoms with E-state index in [0.717, 1.165) is 32.2 Å². The summed E-state index contributed by atoms with van der Waals surface area (Å²) in [5.41, 5.74) is 3.04. The molecule has 1 amide bonds. The number of fused-ring (bicyclic) bond motifs is 1. The van der Waals surface area contributed by atoms with Crippen LogP contribution in [0.3, 0.4) is 0 Å². The first-order valence-electron chi connectivity index (χ1n) is 9.50. The van der Waals surface area contributed by atoms with Crippen molar-refractivity contribution in [3.63, 3.8) is 0 Å². The van der Waals surface area contributed by atoms with Crippen molar-refractivity contribution in [3.8, 4) is 5.75 Å². The summed E-state index contributed by atoms with van der Waals surface area (Å²) in [6.45, 7) is 4.66. The smallest absolute Gasteiger partial charge is 0.234 e. The number of carbonyl (C=O) groups excluding carboxylic acids is 1. The van der Waals surface area contributed by atoms with Crippen molar-refractivity contribution in [2.45, 2.75) is 25.5 Å². The first-order chi connectivity index (χ1) is 14.6. The molecule has 1 N–H and O–H groups in total. The van der Waals surface area contributed by atoms with Gasteiger partial charge in [-0.15, -0.1) is 11.3 Å². The van der Waals surface area contributed by atoms with Crippen LogP contribution in [-0.4, -0.2) is 21.6 Å². The van der Waals surface area contributed by atoms with Gasteiger partial charge in [-0.25, -0.2) is 9.97 Å². The zero-order valence-electron chi connectivity index (χ0n) is 16.7. The highest BCUT2D eigenvalue weighted by Crippen LogP contribution is 2.34. The third kappa shape index (κ3) is 4.80. The molecule has 5 nitrogen and oxygen atoms in total. The Bertz CT molecular complexity index is 1160. The molecule has 2 heterocycles. The standard InChI is InChI=1S/C23H21N3O2S2/c1-15-16(2)30-23-21(15)22(24-14-25-23)29-13-20(27)26-18-8-10-19(11-9-18)28-12-17-6-4-3-5-7-17/h3-11,14H,12-13H2,1-2H3,(H,26,27). The Kier molecular flexibility index (Phi) is 6.30. The number of carbonyl (C=O) groups is 1. The second-order valence-corrected chi connectivity index (χ2v) is 8.94. The molecule has 7 heteroatoms. The highest BCUT2D eigenvalue weighted by molar-refractivity contribution is 8.00. The van der Waals surface area contributed by atoms with Gasteiger partial charge in [0.05, 0.1) is 5.75 Å². The first-order valence-corrected chi connectivity index (χ1v) is 11.3. The molecule has 2 aromatic heterocycles. The molecule has 4 rings (SSSR count). The van der Waals surface area contributed by atoms with Crippen LogP contribution >= 0.6 is 23.1 Å². The first kappa shape index (κ1) is 20.4. The van der Waals surface area contributed by atoms with E-state index in [0.29, 0.717) is 6.61 Å². The number of amides is 1. The van der Waals surface area contributed by atoms with Crippen LogP contribution in [0.5, 0.6) is 5.75 Å². The maximum atomic E-state index is 12.4. The van der Waals surface area contributed by atoms with Crippen molar-refractivity contribution in [2.75, 3.05) is 11.1 Å². The Balaban J connectivity index is 1.32. The number of ether oxygens (including phenoxy) is 1. The monoisotopic (exact) mass is 435 g/mol. The minimum atomic E-state index is -0.0747. The minimum absolute atomic E-state index is 0.0747. The van der Waals surface area contributed by atoms with Gasteiger partial charge in [0, 0.05) is 16.0 Å². The third-order valence-corrected chi connectivity index (χ3v) is 6.76. The van der Waals surface area contributed by atoms with Gasteiger partial charge in [0.1, 0.15) is 28.5 Å². The van der Waals surface area contributed by atoms with Gasteiger partial charge in [-0.1, -0.05) is 42.1 Å². The molecule has 30 heavy (non-hydrogen) atoms. The molecule has 4 aromatic rings. The Morgan fingerprint density at radius 3 is 2.60 bits per heavy atom. The fourth-order valence-electron chi connectivity index (χ4n) is 2.97. The Labute approximate surface area is 183 Å². The molecule has 0 atom stereocenters. The predicted octanol–water partition coefficient (Wildman–Crippen LogP) is 5.62. The number of hydrogen-bond donors (Lipinski definition) is 1. The number of nitrogens with zero attached hydrogens (tertiary/aromatic N) is 2. The predicted molar refractivity (Wildman–Crippen MR) is 123 cm³/mol. The Morgan fingerprint density at radius 1 is 1.07 bits per heavy atom. The van der Waals surface area contributed by atoms with Crippen LogP contribution in [0, 0.1) is 13.8 Å². The summed E-state index contributed by atoms with van der Waals surface area (Å²) in [5.74, 6) is 0.972. The van der Waals surface area contributed by atoms with Gasteiger partial charge in [0.2, 0.25) is 5.91 Å². The molecule has 0 aliphatic heterocycles. The number of hydrogen-bond acceptors (Lipinski definition) is 6. The van der Waals surface area contributed by atoms with E-state index >= 15 is 0 Å². The van der Waals surface area contributed by atoms with Gasteiger partial charge in [0.25, 0.3) is 0 Å². The molecule has 2 aromatic carbocycles. The molecule has 0 saturated heterocycles. The lowest BCUT2D eigenvalue weighted by Crippen LogP contribution is -2.14. The molecule has 0 radical (unpaired) electrons. The number of rotatable bonds is 7. The molecule has 0 unspecified atom stereocenters. The SMILES string of the molecule is Cc1sc2ncnc(SCC(=O)Nc3ccc(OCc4ccccc4)cc3)c2c1C. The maximum absolute atomic E-state index is 12.4. The summed E-state index contributed by atoms with van der Waals surface area (Å²) in [5, 5.41) is 4.83. The molecular formula is C23H21N3O2S2. The fourth-order valence-corrected chi connectivity index (χ4v) is 4.88. The van der Waals surface area contributed by atoms with Crippen LogP contribution in [0.2, 0.25) is 0 Å². The van der Waals surface area contributed by atoms with Crippen molar-refractivity contribution >= 4 is 44.9 Å². The van der Waals surface area contributed by atoms with Crippen molar-refractivity contribution in [3.05, 3.63) is 76.9 Å². The van der Waals surface area contributed by atoms with Crippen molar-refractivity contribution < 1.29 is 9.53 Å². The van der Waals surface area contributed by atoms with Gasteiger partial charge >= 0.3 is 0 Å². The summed E-state index contributed by atoms with van der Waals surface area (Å²) >= 11 is 3.09. The van der Waals surface area contributed by atoms with E-state index in [1.807, 2.05) is 54.6 Å². The number of benzene rings is 2. The highest BCUT2D eigenvalue weighted by Gasteiger charge is 2.13. The third-order valence-electron chi connectivity index (χ3n) is 4.66. The average molecular weight is 436 g/mol. The number of nitrogens with one attached hydrogen (secondary N) is 1. The van der Waals surface area contributed by atoms with Crippen LogP contribution in [0.1, 0.15) is 16.0 Å². The van der Waals surface area contributed by atoms with Gasteiger partial charge in [-0.05, 0) is 49.2 Å². The molecule has 0 aliphatic rings. The second-order valence-electron chi connectivity index (χ2n) is 6.78. The summed E-state index contributed by atoms with van der Waals surface area (Å²) in [6.07, 6.45) is 1.56. The van der Waals surface area contributed by atoms with E-state index in [-0.39, 0.29) is 11.7 Å². The summed E-state index contributed by atoms with van der Waals surface area (Å²) in [7, 11) is 0. The molecule has 0 spiro atoms. The molecule has 0 saturated carbocycles. The molecular weight excluding hydrogens is 414 g/mol. The lowest BCUT2D eigenvalue weighted by atomic mass is 10.2. The van der Waals surface area contributed by atoms with Crippen LogP contribution < -0.4 is 10.1 Å². The average Bonchev–Trinajstić information content (AvgIpc) is 3.06. The van der Waals surface area contributed by atoms with Crippen LogP contribution in [0.4, 0.5) is 5.69 Å². The van der Waals surface area contributed by atoms with Crippen LogP contribution in [0.25, 0.3) is 10.2 Å².